The molecule has 1 aliphatic rings. The van der Waals surface area contributed by atoms with Gasteiger partial charge in [-0.05, 0) is 32.3 Å². The molecule has 1 unspecified atom stereocenters. The van der Waals surface area contributed by atoms with Crippen molar-refractivity contribution in [1.29, 1.82) is 0 Å². The van der Waals surface area contributed by atoms with Crippen molar-refractivity contribution in [3.63, 3.8) is 0 Å². The van der Waals surface area contributed by atoms with Gasteiger partial charge in [-0.25, -0.2) is 9.50 Å². The maximum Gasteiger partial charge on any atom is 0.318 e. The molecule has 9 heteroatoms. The lowest BCUT2D eigenvalue weighted by Crippen LogP contribution is -2.39. The van der Waals surface area contributed by atoms with E-state index in [2.05, 4.69) is 15.3 Å². The molecule has 9 nitrogen and oxygen atoms in total. The Bertz CT molecular complexity index is 1290. The summed E-state index contributed by atoms with van der Waals surface area (Å²) >= 11 is 0. The summed E-state index contributed by atoms with van der Waals surface area (Å²) in [5.74, 6) is 0.174. The first-order valence-corrected chi connectivity index (χ1v) is 10.4. The molecular weight excluding hydrogens is 396 g/mol. The lowest BCUT2D eigenvalue weighted by molar-refractivity contribution is 0.0880. The third kappa shape index (κ3) is 3.31. The lowest BCUT2D eigenvalue weighted by atomic mass is 10.1. The number of fused-ring (bicyclic) bond motifs is 1. The molecule has 4 heterocycles. The fraction of sp³-hybridized carbons (Fsp3) is 0.364. The Morgan fingerprint density at radius 2 is 1.97 bits per heavy atom. The van der Waals surface area contributed by atoms with E-state index < -0.39 is 0 Å². The third-order valence-electron chi connectivity index (χ3n) is 5.81. The van der Waals surface area contributed by atoms with E-state index in [1.165, 1.54) is 4.52 Å². The summed E-state index contributed by atoms with van der Waals surface area (Å²) in [5.41, 5.74) is 3.91. The van der Waals surface area contributed by atoms with Gasteiger partial charge in [0.2, 0.25) is 0 Å². The van der Waals surface area contributed by atoms with Crippen molar-refractivity contribution < 1.29 is 9.15 Å². The maximum absolute atomic E-state index is 13.4. The summed E-state index contributed by atoms with van der Waals surface area (Å²) < 4.78 is 12.8. The Morgan fingerprint density at radius 3 is 2.74 bits per heavy atom. The van der Waals surface area contributed by atoms with Crippen LogP contribution >= 0.6 is 0 Å². The second kappa shape index (κ2) is 7.66. The zero-order valence-corrected chi connectivity index (χ0v) is 17.8. The minimum atomic E-state index is -0.267. The van der Waals surface area contributed by atoms with Crippen LogP contribution in [0.2, 0.25) is 0 Å². The Hall–Kier alpha value is -3.46. The van der Waals surface area contributed by atoms with Crippen LogP contribution in [0.4, 0.5) is 6.01 Å². The van der Waals surface area contributed by atoms with E-state index in [1.807, 2.05) is 42.2 Å². The number of hydrogen-bond acceptors (Lipinski definition) is 7. The highest BCUT2D eigenvalue weighted by Crippen LogP contribution is 2.29. The molecule has 5 rings (SSSR count). The number of hydrogen-bond donors (Lipinski definition) is 1. The lowest BCUT2D eigenvalue weighted by Gasteiger charge is -2.30. The van der Waals surface area contributed by atoms with E-state index in [-0.39, 0.29) is 17.6 Å². The van der Waals surface area contributed by atoms with Crippen molar-refractivity contribution >= 4 is 11.7 Å². The minimum Gasteiger partial charge on any atom is -0.403 e. The molecule has 1 fully saturated rings. The number of methoxy groups -OCH3 is 1. The molecule has 0 radical (unpaired) electrons. The fourth-order valence-corrected chi connectivity index (χ4v) is 4.24. The normalized spacial score (nSPS) is 16.9. The predicted octanol–water partition coefficient (Wildman–Crippen LogP) is 2.97. The molecular formula is C22H24N6O3. The number of benzene rings is 1. The highest BCUT2D eigenvalue weighted by molar-refractivity contribution is 5.80. The molecule has 0 saturated carbocycles. The van der Waals surface area contributed by atoms with E-state index in [4.69, 9.17) is 14.1 Å². The molecule has 1 aliphatic heterocycles. The number of anilines is 1. The average molecular weight is 420 g/mol. The number of nitrogens with one attached hydrogen (secondary N) is 1. The number of H-pyrrole nitrogens is 1. The van der Waals surface area contributed by atoms with Crippen molar-refractivity contribution in [2.75, 3.05) is 25.1 Å². The topological polar surface area (TPSA) is 102 Å². The van der Waals surface area contributed by atoms with E-state index in [9.17, 15) is 4.79 Å². The van der Waals surface area contributed by atoms with Gasteiger partial charge in [-0.3, -0.25) is 9.89 Å². The third-order valence-corrected chi connectivity index (χ3v) is 5.81. The van der Waals surface area contributed by atoms with Crippen LogP contribution in [0.3, 0.4) is 0 Å². The quantitative estimate of drug-likeness (QED) is 0.541. The molecule has 3 aromatic heterocycles. The average Bonchev–Trinajstić information content (AvgIpc) is 3.39. The van der Waals surface area contributed by atoms with Crippen LogP contribution in [0.25, 0.3) is 28.2 Å². The van der Waals surface area contributed by atoms with Gasteiger partial charge in [0.25, 0.3) is 11.4 Å². The summed E-state index contributed by atoms with van der Waals surface area (Å²) in [5, 5.41) is 11.5. The highest BCUT2D eigenvalue weighted by atomic mass is 16.5. The second-order valence-corrected chi connectivity index (χ2v) is 7.85. The first kappa shape index (κ1) is 19.5. The summed E-state index contributed by atoms with van der Waals surface area (Å²) in [6.45, 7) is 5.22. The molecule has 160 valence electrons. The number of aromatic nitrogens is 5. The van der Waals surface area contributed by atoms with Crippen LogP contribution in [0.15, 0.2) is 39.5 Å². The summed E-state index contributed by atoms with van der Waals surface area (Å²) in [6, 6.07) is 10.3. The van der Waals surface area contributed by atoms with Crippen molar-refractivity contribution in [2.24, 2.45) is 0 Å². The summed E-state index contributed by atoms with van der Waals surface area (Å²) in [4.78, 5) is 20.1. The Labute approximate surface area is 178 Å². The van der Waals surface area contributed by atoms with Gasteiger partial charge in [0.15, 0.2) is 5.65 Å². The number of aromatic amines is 1. The molecule has 1 atom stereocenters. The van der Waals surface area contributed by atoms with Gasteiger partial charge in [0, 0.05) is 31.5 Å². The van der Waals surface area contributed by atoms with Gasteiger partial charge in [-0.15, -0.1) is 5.10 Å². The van der Waals surface area contributed by atoms with Gasteiger partial charge < -0.3 is 14.1 Å². The molecule has 0 aliphatic carbocycles. The van der Waals surface area contributed by atoms with Crippen LogP contribution < -0.4 is 10.5 Å². The number of piperidine rings is 1. The smallest absolute Gasteiger partial charge is 0.318 e. The van der Waals surface area contributed by atoms with Crippen LogP contribution in [-0.2, 0) is 4.74 Å². The van der Waals surface area contributed by atoms with Gasteiger partial charge in [0.1, 0.15) is 5.56 Å². The molecule has 1 aromatic carbocycles. The van der Waals surface area contributed by atoms with Gasteiger partial charge in [-0.1, -0.05) is 35.4 Å². The van der Waals surface area contributed by atoms with Gasteiger partial charge in [0.05, 0.1) is 11.8 Å². The Kier molecular flexibility index (Phi) is 4.82. The van der Waals surface area contributed by atoms with Crippen molar-refractivity contribution in [3.8, 4) is 22.6 Å². The minimum absolute atomic E-state index is 0.132. The molecule has 1 saturated heterocycles. The van der Waals surface area contributed by atoms with Crippen molar-refractivity contribution in [1.82, 2.24) is 24.8 Å². The Morgan fingerprint density at radius 1 is 1.16 bits per heavy atom. The molecule has 1 N–H and O–H groups in total. The van der Waals surface area contributed by atoms with E-state index >= 15 is 0 Å². The first-order valence-electron chi connectivity index (χ1n) is 10.4. The number of aryl methyl sites for hydroxylation is 2. The molecule has 31 heavy (non-hydrogen) atoms. The number of rotatable bonds is 4. The second-order valence-electron chi connectivity index (χ2n) is 7.85. The summed E-state index contributed by atoms with van der Waals surface area (Å²) in [6.07, 6.45) is 2.12. The monoisotopic (exact) mass is 420 g/mol. The van der Waals surface area contributed by atoms with Crippen LogP contribution in [0.1, 0.15) is 24.2 Å². The van der Waals surface area contributed by atoms with Crippen LogP contribution in [-0.4, -0.2) is 51.1 Å². The largest absolute Gasteiger partial charge is 0.403 e. The SMILES string of the molecule is COC1CCCN(c2nnc(-c3c(C)nc4c(-c5ccccc5)c(C)[nH]n4c3=O)o2)C1. The predicted molar refractivity (Wildman–Crippen MR) is 116 cm³/mol. The first-order chi connectivity index (χ1) is 15.1. The van der Waals surface area contributed by atoms with Crippen LogP contribution in [0, 0.1) is 13.8 Å². The van der Waals surface area contributed by atoms with E-state index in [0.29, 0.717) is 29.5 Å². The number of nitrogens with zero attached hydrogens (tertiary/aromatic N) is 5. The van der Waals surface area contributed by atoms with E-state index in [0.717, 1.165) is 36.2 Å². The van der Waals surface area contributed by atoms with Gasteiger partial charge in [-0.2, -0.15) is 0 Å². The molecule has 0 bridgehead atoms. The van der Waals surface area contributed by atoms with Crippen molar-refractivity contribution in [2.45, 2.75) is 32.8 Å². The maximum atomic E-state index is 13.4. The highest BCUT2D eigenvalue weighted by Gasteiger charge is 2.26. The number of ether oxygens (including phenoxy) is 1. The van der Waals surface area contributed by atoms with Gasteiger partial charge >= 0.3 is 6.01 Å². The zero-order valence-electron chi connectivity index (χ0n) is 17.8. The van der Waals surface area contributed by atoms with Crippen molar-refractivity contribution in [3.05, 3.63) is 52.1 Å². The standard InChI is InChI=1S/C22H24N6O3/c1-13-18(20-24-25-22(31-20)27-11-7-10-16(12-27)30-3)21(29)28-19(23-13)17(14(2)26-28)15-8-5-4-6-9-15/h4-6,8-9,16,26H,7,10-12H2,1-3H3. The fourth-order valence-electron chi connectivity index (χ4n) is 4.24. The Balaban J connectivity index is 1.58. The molecule has 0 amide bonds. The van der Waals surface area contributed by atoms with Crippen LogP contribution in [0.5, 0.6) is 0 Å². The zero-order chi connectivity index (χ0) is 21.5. The summed E-state index contributed by atoms with van der Waals surface area (Å²) in [7, 11) is 1.71. The molecule has 4 aromatic rings. The van der Waals surface area contributed by atoms with E-state index in [1.54, 1.807) is 14.0 Å². The molecule has 0 spiro atoms.